The molecule has 0 spiro atoms. The van der Waals surface area contributed by atoms with Crippen LogP contribution in [0.2, 0.25) is 10.0 Å². The van der Waals surface area contributed by atoms with Crippen LogP contribution in [0.1, 0.15) is 5.69 Å². The Morgan fingerprint density at radius 2 is 1.70 bits per heavy atom. The van der Waals surface area contributed by atoms with Crippen LogP contribution in [0, 0.1) is 0 Å². The second-order valence-corrected chi connectivity index (χ2v) is 8.60. The highest BCUT2D eigenvalue weighted by atomic mass is 35.5. The van der Waals surface area contributed by atoms with E-state index in [9.17, 15) is 4.79 Å². The van der Waals surface area contributed by atoms with Crippen molar-refractivity contribution in [3.8, 4) is 22.6 Å². The molecule has 0 fully saturated rings. The molecule has 0 atom stereocenters. The Bertz CT molecular complexity index is 1520. The summed E-state index contributed by atoms with van der Waals surface area (Å²) in [6, 6.07) is 22.0. The van der Waals surface area contributed by atoms with Crippen LogP contribution in [0.25, 0.3) is 22.0 Å². The summed E-state index contributed by atoms with van der Waals surface area (Å²) in [5.41, 5.74) is 3.27. The first-order valence-electron chi connectivity index (χ1n) is 10.3. The fourth-order valence-electron chi connectivity index (χ4n) is 3.82. The Balaban J connectivity index is 1.68. The number of halogens is 2. The SMILES string of the molecule is Cn1cncc1Cn1c(=O)cc(-c2cccc(Cl)c2)c2cc(Oc3ccc(Cl)cc3)ccc21. The Morgan fingerprint density at radius 3 is 2.42 bits per heavy atom. The van der Waals surface area contributed by atoms with Crippen molar-refractivity contribution in [1.82, 2.24) is 14.1 Å². The minimum atomic E-state index is -0.106. The highest BCUT2D eigenvalue weighted by molar-refractivity contribution is 6.31. The molecule has 2 heterocycles. The van der Waals surface area contributed by atoms with Gasteiger partial charge >= 0.3 is 0 Å². The van der Waals surface area contributed by atoms with Gasteiger partial charge in [0.25, 0.3) is 5.56 Å². The monoisotopic (exact) mass is 475 g/mol. The average Bonchev–Trinajstić information content (AvgIpc) is 3.21. The number of pyridine rings is 1. The third-order valence-corrected chi connectivity index (χ3v) is 5.99. The lowest BCUT2D eigenvalue weighted by molar-refractivity contribution is 0.483. The summed E-state index contributed by atoms with van der Waals surface area (Å²) in [4.78, 5) is 17.4. The number of imidazole rings is 1. The van der Waals surface area contributed by atoms with E-state index in [1.807, 2.05) is 66.2 Å². The quantitative estimate of drug-likeness (QED) is 0.289. The van der Waals surface area contributed by atoms with Crippen LogP contribution in [-0.2, 0) is 13.6 Å². The molecule has 0 aliphatic heterocycles. The van der Waals surface area contributed by atoms with Gasteiger partial charge in [-0.1, -0.05) is 35.3 Å². The van der Waals surface area contributed by atoms with Crippen molar-refractivity contribution in [2.45, 2.75) is 6.54 Å². The predicted octanol–water partition coefficient (Wildman–Crippen LogP) is 6.55. The fraction of sp³-hybridized carbons (Fsp3) is 0.0769. The second-order valence-electron chi connectivity index (χ2n) is 7.72. The number of hydrogen-bond donors (Lipinski definition) is 0. The standard InChI is InChI=1S/C26H19Cl2N3O2/c1-30-16-29-14-20(30)15-31-25-10-9-22(33-21-7-5-18(27)6-8-21)12-24(25)23(13-26(31)32)17-3-2-4-19(28)11-17/h2-14,16H,15H2,1H3. The number of aromatic nitrogens is 3. The van der Waals surface area contributed by atoms with Gasteiger partial charge < -0.3 is 13.9 Å². The molecule has 0 aliphatic carbocycles. The molecule has 3 aromatic carbocycles. The van der Waals surface area contributed by atoms with Crippen LogP contribution in [0.4, 0.5) is 0 Å². The molecule has 7 heteroatoms. The summed E-state index contributed by atoms with van der Waals surface area (Å²) in [6.07, 6.45) is 3.49. The van der Waals surface area contributed by atoms with Crippen LogP contribution >= 0.6 is 23.2 Å². The molecular formula is C26H19Cl2N3O2. The molecular weight excluding hydrogens is 457 g/mol. The molecule has 164 valence electrons. The number of aryl methyl sites for hydroxylation is 1. The molecule has 0 aliphatic rings. The van der Waals surface area contributed by atoms with E-state index >= 15 is 0 Å². The normalized spacial score (nSPS) is 11.1. The van der Waals surface area contributed by atoms with Crippen LogP contribution in [0.3, 0.4) is 0 Å². The van der Waals surface area contributed by atoms with Crippen LogP contribution in [0.15, 0.2) is 90.1 Å². The summed E-state index contributed by atoms with van der Waals surface area (Å²) in [5, 5.41) is 2.13. The molecule has 0 saturated heterocycles. The highest BCUT2D eigenvalue weighted by Gasteiger charge is 2.14. The van der Waals surface area contributed by atoms with E-state index in [2.05, 4.69) is 4.98 Å². The third-order valence-electron chi connectivity index (χ3n) is 5.50. The van der Waals surface area contributed by atoms with Gasteiger partial charge in [0.05, 0.1) is 24.1 Å². The molecule has 0 N–H and O–H groups in total. The van der Waals surface area contributed by atoms with Crippen molar-refractivity contribution in [2.24, 2.45) is 7.05 Å². The number of fused-ring (bicyclic) bond motifs is 1. The van der Waals surface area contributed by atoms with Gasteiger partial charge in [0.2, 0.25) is 0 Å². The first-order valence-corrected chi connectivity index (χ1v) is 11.1. The maximum atomic E-state index is 13.2. The van der Waals surface area contributed by atoms with Crippen molar-refractivity contribution in [3.05, 3.63) is 111 Å². The molecule has 0 amide bonds. The predicted molar refractivity (Wildman–Crippen MR) is 132 cm³/mol. The van der Waals surface area contributed by atoms with Gasteiger partial charge in [0.15, 0.2) is 0 Å². The maximum absolute atomic E-state index is 13.2. The summed E-state index contributed by atoms with van der Waals surface area (Å²) in [7, 11) is 1.91. The van der Waals surface area contributed by atoms with Gasteiger partial charge in [0.1, 0.15) is 11.5 Å². The van der Waals surface area contributed by atoms with E-state index in [0.717, 1.165) is 27.7 Å². The summed E-state index contributed by atoms with van der Waals surface area (Å²) < 4.78 is 9.71. The van der Waals surface area contributed by atoms with Crippen molar-refractivity contribution < 1.29 is 4.74 Å². The van der Waals surface area contributed by atoms with E-state index in [-0.39, 0.29) is 5.56 Å². The number of benzene rings is 3. The Hall–Kier alpha value is -3.54. The molecule has 0 saturated carbocycles. The number of hydrogen-bond acceptors (Lipinski definition) is 3. The molecule has 5 rings (SSSR count). The van der Waals surface area contributed by atoms with E-state index in [4.69, 9.17) is 27.9 Å². The molecule has 5 aromatic rings. The number of nitrogens with zero attached hydrogens (tertiary/aromatic N) is 3. The summed E-state index contributed by atoms with van der Waals surface area (Å²) >= 11 is 12.2. The lowest BCUT2D eigenvalue weighted by atomic mass is 10.0. The Morgan fingerprint density at radius 1 is 0.909 bits per heavy atom. The van der Waals surface area contributed by atoms with Gasteiger partial charge in [-0.15, -0.1) is 0 Å². The van der Waals surface area contributed by atoms with Gasteiger partial charge in [-0.25, -0.2) is 4.98 Å². The van der Waals surface area contributed by atoms with Gasteiger partial charge in [0, 0.05) is 34.7 Å². The molecule has 2 aromatic heterocycles. The number of rotatable bonds is 5. The molecule has 0 radical (unpaired) electrons. The Labute approximate surface area is 200 Å². The second kappa shape index (κ2) is 8.77. The highest BCUT2D eigenvalue weighted by Crippen LogP contribution is 2.33. The number of ether oxygens (including phenoxy) is 1. The maximum Gasteiger partial charge on any atom is 0.252 e. The average molecular weight is 476 g/mol. The van der Waals surface area contributed by atoms with Gasteiger partial charge in [-0.3, -0.25) is 4.79 Å². The zero-order valence-electron chi connectivity index (χ0n) is 17.7. The minimum Gasteiger partial charge on any atom is -0.457 e. The van der Waals surface area contributed by atoms with E-state index in [1.165, 1.54) is 0 Å². The van der Waals surface area contributed by atoms with Crippen LogP contribution in [-0.4, -0.2) is 14.1 Å². The van der Waals surface area contributed by atoms with Crippen LogP contribution in [0.5, 0.6) is 11.5 Å². The van der Waals surface area contributed by atoms with Crippen molar-refractivity contribution in [2.75, 3.05) is 0 Å². The van der Waals surface area contributed by atoms with E-state index in [0.29, 0.717) is 28.1 Å². The van der Waals surface area contributed by atoms with Gasteiger partial charge in [-0.2, -0.15) is 0 Å². The van der Waals surface area contributed by atoms with Crippen LogP contribution < -0.4 is 10.3 Å². The third kappa shape index (κ3) is 4.38. The zero-order chi connectivity index (χ0) is 22.9. The first-order chi connectivity index (χ1) is 16.0. The summed E-state index contributed by atoms with van der Waals surface area (Å²) in [5.74, 6) is 1.32. The van der Waals surface area contributed by atoms with Crippen molar-refractivity contribution in [3.63, 3.8) is 0 Å². The lowest BCUT2D eigenvalue weighted by Crippen LogP contribution is -2.21. The van der Waals surface area contributed by atoms with E-state index in [1.54, 1.807) is 35.3 Å². The molecule has 5 nitrogen and oxygen atoms in total. The smallest absolute Gasteiger partial charge is 0.252 e. The summed E-state index contributed by atoms with van der Waals surface area (Å²) in [6.45, 7) is 0.402. The zero-order valence-corrected chi connectivity index (χ0v) is 19.2. The molecule has 0 unspecified atom stereocenters. The first kappa shape index (κ1) is 21.3. The molecule has 33 heavy (non-hydrogen) atoms. The Kier molecular flexibility index (Phi) is 5.67. The fourth-order valence-corrected chi connectivity index (χ4v) is 4.14. The van der Waals surface area contributed by atoms with Crippen molar-refractivity contribution >= 4 is 34.1 Å². The minimum absolute atomic E-state index is 0.106. The molecule has 0 bridgehead atoms. The lowest BCUT2D eigenvalue weighted by Gasteiger charge is -2.16. The van der Waals surface area contributed by atoms with E-state index < -0.39 is 0 Å². The largest absolute Gasteiger partial charge is 0.457 e. The topological polar surface area (TPSA) is 49.0 Å². The van der Waals surface area contributed by atoms with Gasteiger partial charge in [-0.05, 0) is 65.7 Å². The van der Waals surface area contributed by atoms with Crippen molar-refractivity contribution in [1.29, 1.82) is 0 Å².